The van der Waals surface area contributed by atoms with Crippen LogP contribution in [-0.4, -0.2) is 29.0 Å². The van der Waals surface area contributed by atoms with Crippen LogP contribution in [0.5, 0.6) is 11.5 Å². The Morgan fingerprint density at radius 3 is 2.68 bits per heavy atom. The fraction of sp³-hybridized carbons (Fsp3) is 0.143. The van der Waals surface area contributed by atoms with Crippen molar-refractivity contribution in [3.63, 3.8) is 0 Å². The van der Waals surface area contributed by atoms with Crippen LogP contribution in [0.3, 0.4) is 0 Å². The number of halogens is 2. The van der Waals surface area contributed by atoms with Gasteiger partial charge >= 0.3 is 0 Å². The lowest BCUT2D eigenvalue weighted by Gasteiger charge is -2.17. The number of benzene rings is 2. The van der Waals surface area contributed by atoms with Crippen LogP contribution in [0.25, 0.3) is 10.9 Å². The average Bonchev–Trinajstić information content (AvgIpc) is 2.92. The van der Waals surface area contributed by atoms with Gasteiger partial charge in [-0.15, -0.1) is 0 Å². The zero-order valence-electron chi connectivity index (χ0n) is 20.1. The number of carbonyl (C=O) groups excluding carboxylic acids is 1. The van der Waals surface area contributed by atoms with Crippen LogP contribution < -0.4 is 20.7 Å². The molecule has 0 saturated carbocycles. The summed E-state index contributed by atoms with van der Waals surface area (Å²) in [7, 11) is 0. The van der Waals surface area contributed by atoms with Crippen LogP contribution in [0.2, 0.25) is 5.02 Å². The topological polar surface area (TPSA) is 112 Å². The second kappa shape index (κ2) is 11.3. The molecular weight excluding hydrogens is 507 g/mol. The summed E-state index contributed by atoms with van der Waals surface area (Å²) in [6.45, 7) is 1.66. The van der Waals surface area contributed by atoms with Crippen LogP contribution >= 0.6 is 11.6 Å². The molecule has 4 aromatic rings. The van der Waals surface area contributed by atoms with E-state index in [0.717, 1.165) is 31.5 Å². The van der Waals surface area contributed by atoms with Crippen molar-refractivity contribution in [1.82, 2.24) is 15.3 Å². The van der Waals surface area contributed by atoms with Gasteiger partial charge in [0.2, 0.25) is 5.91 Å². The van der Waals surface area contributed by atoms with Gasteiger partial charge in [-0.05, 0) is 62.3 Å². The molecule has 3 N–H and O–H groups in total. The number of nitriles is 1. The average molecular weight is 529 g/mol. The summed E-state index contributed by atoms with van der Waals surface area (Å²) in [4.78, 5) is 21.4. The van der Waals surface area contributed by atoms with Crippen LogP contribution in [0, 0.1) is 17.1 Å². The first-order valence-corrected chi connectivity index (χ1v) is 12.3. The zero-order chi connectivity index (χ0) is 26.5. The summed E-state index contributed by atoms with van der Waals surface area (Å²) < 4.78 is 19.8. The number of hydrogen-bond donors (Lipinski definition) is 3. The van der Waals surface area contributed by atoms with Crippen molar-refractivity contribution < 1.29 is 13.9 Å². The molecule has 8 nitrogen and oxygen atoms in total. The molecule has 0 spiro atoms. The third-order valence-electron chi connectivity index (χ3n) is 6.00. The molecule has 10 heteroatoms. The number of nitrogens with zero attached hydrogens (tertiary/aromatic N) is 3. The van der Waals surface area contributed by atoms with Gasteiger partial charge in [0.15, 0.2) is 5.75 Å². The molecule has 3 heterocycles. The van der Waals surface area contributed by atoms with E-state index in [2.05, 4.69) is 32.0 Å². The quantitative estimate of drug-likeness (QED) is 0.260. The maximum absolute atomic E-state index is 13.7. The molecule has 1 aliphatic rings. The van der Waals surface area contributed by atoms with Crippen molar-refractivity contribution in [3.05, 3.63) is 89.1 Å². The third kappa shape index (κ3) is 5.72. The fourth-order valence-corrected chi connectivity index (χ4v) is 4.30. The highest BCUT2D eigenvalue weighted by atomic mass is 35.5. The van der Waals surface area contributed by atoms with E-state index in [0.29, 0.717) is 39.5 Å². The second-order valence-electron chi connectivity index (χ2n) is 8.60. The number of pyridine rings is 2. The summed E-state index contributed by atoms with van der Waals surface area (Å²) in [5, 5.41) is 19.6. The van der Waals surface area contributed by atoms with Gasteiger partial charge in [0, 0.05) is 41.8 Å². The summed E-state index contributed by atoms with van der Waals surface area (Å²) >= 11 is 5.96. The maximum atomic E-state index is 13.7. The largest absolute Gasteiger partial charge is 0.455 e. The van der Waals surface area contributed by atoms with Crippen molar-refractivity contribution in [2.75, 3.05) is 23.7 Å². The molecule has 38 heavy (non-hydrogen) atoms. The van der Waals surface area contributed by atoms with Crippen molar-refractivity contribution in [1.29, 1.82) is 5.26 Å². The zero-order valence-corrected chi connectivity index (χ0v) is 20.8. The van der Waals surface area contributed by atoms with Crippen LogP contribution in [-0.2, 0) is 4.79 Å². The fourth-order valence-electron chi connectivity index (χ4n) is 4.12. The van der Waals surface area contributed by atoms with E-state index >= 15 is 0 Å². The van der Waals surface area contributed by atoms with E-state index in [9.17, 15) is 14.4 Å². The molecule has 0 bridgehead atoms. The Balaban J connectivity index is 1.59. The summed E-state index contributed by atoms with van der Waals surface area (Å²) in [6.07, 6.45) is 7.86. The van der Waals surface area contributed by atoms with Crippen molar-refractivity contribution in [2.24, 2.45) is 0 Å². The lowest BCUT2D eigenvalue weighted by molar-refractivity contribution is -0.112. The van der Waals surface area contributed by atoms with E-state index in [1.54, 1.807) is 42.7 Å². The van der Waals surface area contributed by atoms with Crippen molar-refractivity contribution in [2.45, 2.75) is 12.8 Å². The van der Waals surface area contributed by atoms with Gasteiger partial charge in [0.05, 0.1) is 27.5 Å². The summed E-state index contributed by atoms with van der Waals surface area (Å²) in [5.74, 6) is 0.0568. The highest BCUT2D eigenvalue weighted by Gasteiger charge is 2.17. The van der Waals surface area contributed by atoms with Gasteiger partial charge in [-0.1, -0.05) is 17.2 Å². The summed E-state index contributed by atoms with van der Waals surface area (Å²) in [6, 6.07) is 13.1. The molecule has 0 unspecified atom stereocenters. The molecule has 2 aromatic heterocycles. The Morgan fingerprint density at radius 1 is 1.16 bits per heavy atom. The minimum absolute atomic E-state index is 0.0567. The SMILES string of the molecule is N#Cc1cnc2cc(Oc3ccncc3)c(NC(=O)C=C3CCNCC3)cc2c1Nc1ccc(F)c(Cl)c1. The van der Waals surface area contributed by atoms with Crippen LogP contribution in [0.4, 0.5) is 21.5 Å². The molecule has 5 rings (SSSR count). The number of anilines is 3. The first-order valence-electron chi connectivity index (χ1n) is 11.9. The molecule has 1 fully saturated rings. The molecule has 0 atom stereocenters. The Bertz CT molecular complexity index is 1580. The normalized spacial score (nSPS) is 13.0. The van der Waals surface area contributed by atoms with E-state index in [1.165, 1.54) is 24.4 Å². The third-order valence-corrected chi connectivity index (χ3v) is 6.28. The maximum Gasteiger partial charge on any atom is 0.248 e. The smallest absolute Gasteiger partial charge is 0.248 e. The molecule has 190 valence electrons. The van der Waals surface area contributed by atoms with E-state index in [-0.39, 0.29) is 16.5 Å². The van der Waals surface area contributed by atoms with Crippen LogP contribution in [0.1, 0.15) is 18.4 Å². The van der Waals surface area contributed by atoms with Crippen molar-refractivity contribution >= 4 is 45.5 Å². The Labute approximate surface area is 223 Å². The standard InChI is InChI=1S/C28H22ClFN6O2/c29-22-12-19(1-2-23(22)30)35-28-18(15-31)16-34-24-14-26(38-20-5-9-33-10-6-20)25(13-21(24)28)36-27(37)11-17-3-7-32-8-4-17/h1-2,5-6,9-14,16,32H,3-4,7-8H2,(H,34,35)(H,36,37). The first kappa shape index (κ1) is 25.1. The lowest BCUT2D eigenvalue weighted by atomic mass is 10.0. The first-order chi connectivity index (χ1) is 18.5. The number of piperidine rings is 1. The lowest BCUT2D eigenvalue weighted by Crippen LogP contribution is -2.24. The predicted octanol–water partition coefficient (Wildman–Crippen LogP) is 6.08. The molecular formula is C28H22ClFN6O2. The molecule has 0 aliphatic carbocycles. The summed E-state index contributed by atoms with van der Waals surface area (Å²) in [5.41, 5.74) is 3.14. The number of hydrogen-bond acceptors (Lipinski definition) is 7. The number of carbonyl (C=O) groups is 1. The minimum Gasteiger partial charge on any atom is -0.455 e. The van der Waals surface area contributed by atoms with Gasteiger partial charge in [-0.3, -0.25) is 14.8 Å². The van der Waals surface area contributed by atoms with Gasteiger partial charge in [0.1, 0.15) is 17.6 Å². The van der Waals surface area contributed by atoms with Crippen molar-refractivity contribution in [3.8, 4) is 17.6 Å². The second-order valence-corrected chi connectivity index (χ2v) is 9.01. The predicted molar refractivity (Wildman–Crippen MR) is 144 cm³/mol. The highest BCUT2D eigenvalue weighted by Crippen LogP contribution is 2.38. The van der Waals surface area contributed by atoms with E-state index in [4.69, 9.17) is 16.3 Å². The molecule has 1 amide bonds. The Hall–Kier alpha value is -4.52. The van der Waals surface area contributed by atoms with Gasteiger partial charge in [0.25, 0.3) is 0 Å². The number of rotatable bonds is 6. The monoisotopic (exact) mass is 528 g/mol. The van der Waals surface area contributed by atoms with Gasteiger partial charge in [-0.2, -0.15) is 5.26 Å². The molecule has 0 radical (unpaired) electrons. The van der Waals surface area contributed by atoms with Crippen LogP contribution in [0.15, 0.2) is 72.7 Å². The molecule has 1 aliphatic heterocycles. The number of aromatic nitrogens is 2. The minimum atomic E-state index is -0.553. The molecule has 1 saturated heterocycles. The number of fused-ring (bicyclic) bond motifs is 1. The van der Waals surface area contributed by atoms with Gasteiger partial charge < -0.3 is 20.7 Å². The number of nitrogens with one attached hydrogen (secondary N) is 3. The van der Waals surface area contributed by atoms with E-state index < -0.39 is 5.82 Å². The highest BCUT2D eigenvalue weighted by molar-refractivity contribution is 6.31. The number of ether oxygens (including phenoxy) is 1. The number of amides is 1. The van der Waals surface area contributed by atoms with Gasteiger partial charge in [-0.25, -0.2) is 4.39 Å². The Kier molecular flexibility index (Phi) is 7.45. The van der Waals surface area contributed by atoms with E-state index in [1.807, 2.05) is 0 Å². The molecule has 2 aromatic carbocycles. The Morgan fingerprint density at radius 2 is 1.95 bits per heavy atom.